The molecule has 0 aromatic carbocycles. The van der Waals surface area contributed by atoms with Crippen LogP contribution >= 0.6 is 0 Å². The first-order chi connectivity index (χ1) is 22.9. The SMILES string of the molecule is CCCCCC1OC(=O)[C@@H](C(C)C)N(C)C(=O)[C@@H]2CCCN2C(=O)[C@H]([C@@H](C)CC)OC(=O)C(C(C)C)N(C)C(=O)[C@H](C(C)C)NC(=O)[C@H]1C. The van der Waals surface area contributed by atoms with Crippen molar-refractivity contribution in [2.45, 2.75) is 151 Å². The Bertz CT molecular complexity index is 1170. The van der Waals surface area contributed by atoms with E-state index in [9.17, 15) is 28.8 Å². The average Bonchev–Trinajstić information content (AvgIpc) is 3.53. The number of rotatable bonds is 9. The van der Waals surface area contributed by atoms with Crippen LogP contribution in [-0.4, -0.2) is 107 Å². The Labute approximate surface area is 294 Å². The van der Waals surface area contributed by atoms with E-state index < -0.39 is 77.9 Å². The van der Waals surface area contributed by atoms with Crippen molar-refractivity contribution in [3.05, 3.63) is 0 Å². The fourth-order valence-electron chi connectivity index (χ4n) is 6.95. The molecular weight excluding hydrogens is 628 g/mol. The molecule has 0 radical (unpaired) electrons. The Morgan fingerprint density at radius 3 is 1.82 bits per heavy atom. The third kappa shape index (κ3) is 10.2. The van der Waals surface area contributed by atoms with E-state index in [2.05, 4.69) is 12.2 Å². The maximum absolute atomic E-state index is 14.2. The summed E-state index contributed by atoms with van der Waals surface area (Å²) < 4.78 is 12.1. The van der Waals surface area contributed by atoms with E-state index >= 15 is 0 Å². The van der Waals surface area contributed by atoms with Crippen molar-refractivity contribution in [1.82, 2.24) is 20.0 Å². The molecule has 2 aliphatic heterocycles. The van der Waals surface area contributed by atoms with Crippen molar-refractivity contribution in [2.24, 2.45) is 29.6 Å². The molecule has 12 heteroatoms. The van der Waals surface area contributed by atoms with Gasteiger partial charge in [-0.25, -0.2) is 9.59 Å². The predicted octanol–water partition coefficient (Wildman–Crippen LogP) is 4.18. The Morgan fingerprint density at radius 2 is 1.31 bits per heavy atom. The number of carbonyl (C=O) groups excluding carboxylic acids is 6. The molecule has 1 N–H and O–H groups in total. The van der Waals surface area contributed by atoms with Crippen LogP contribution in [0.2, 0.25) is 0 Å². The number of ether oxygens (including phenoxy) is 2. The zero-order chi connectivity index (χ0) is 37.3. The third-order valence-corrected chi connectivity index (χ3v) is 10.3. The van der Waals surface area contributed by atoms with Crippen molar-refractivity contribution in [2.75, 3.05) is 20.6 Å². The monoisotopic (exact) mass is 692 g/mol. The lowest BCUT2D eigenvalue weighted by atomic mass is 9.94. The first-order valence-corrected chi connectivity index (χ1v) is 18.5. The van der Waals surface area contributed by atoms with Gasteiger partial charge in [0.25, 0.3) is 5.91 Å². The molecule has 0 aromatic heterocycles. The zero-order valence-electron chi connectivity index (χ0n) is 32.1. The van der Waals surface area contributed by atoms with Crippen molar-refractivity contribution in [1.29, 1.82) is 0 Å². The van der Waals surface area contributed by atoms with E-state index in [0.29, 0.717) is 32.2 Å². The largest absolute Gasteiger partial charge is 0.460 e. The van der Waals surface area contributed by atoms with Gasteiger partial charge in [-0.05, 0) is 49.9 Å². The molecule has 0 bridgehead atoms. The van der Waals surface area contributed by atoms with Crippen LogP contribution < -0.4 is 5.32 Å². The zero-order valence-corrected chi connectivity index (χ0v) is 32.1. The van der Waals surface area contributed by atoms with Crippen LogP contribution in [0.3, 0.4) is 0 Å². The summed E-state index contributed by atoms with van der Waals surface area (Å²) in [6.07, 6.45) is 2.47. The van der Waals surface area contributed by atoms with Crippen LogP contribution in [0.1, 0.15) is 114 Å². The van der Waals surface area contributed by atoms with Gasteiger partial charge in [-0.2, -0.15) is 0 Å². The Kier molecular flexibility index (Phi) is 16.0. The first kappa shape index (κ1) is 42.0. The van der Waals surface area contributed by atoms with Gasteiger partial charge >= 0.3 is 11.9 Å². The maximum Gasteiger partial charge on any atom is 0.329 e. The summed E-state index contributed by atoms with van der Waals surface area (Å²) in [6.45, 7) is 18.6. The molecule has 2 heterocycles. The maximum atomic E-state index is 14.2. The van der Waals surface area contributed by atoms with Gasteiger partial charge in [0.05, 0.1) is 5.92 Å². The molecule has 12 nitrogen and oxygen atoms in total. The Morgan fingerprint density at radius 1 is 0.755 bits per heavy atom. The minimum atomic E-state index is -1.18. The number of unbranched alkanes of at least 4 members (excludes halogenated alkanes) is 2. The number of cyclic esters (lactones) is 2. The van der Waals surface area contributed by atoms with Gasteiger partial charge < -0.3 is 29.5 Å². The number of nitrogens with zero attached hydrogens (tertiary/aromatic N) is 3. The molecule has 2 aliphatic rings. The topological polar surface area (TPSA) is 143 Å². The van der Waals surface area contributed by atoms with E-state index in [1.54, 1.807) is 27.8 Å². The second kappa shape index (κ2) is 18.7. The van der Waals surface area contributed by atoms with E-state index in [4.69, 9.17) is 9.47 Å². The normalized spacial score (nSPS) is 29.4. The third-order valence-electron chi connectivity index (χ3n) is 10.3. The lowest BCUT2D eigenvalue weighted by Crippen LogP contribution is -2.58. The fraction of sp³-hybridized carbons (Fsp3) is 0.838. The molecule has 0 spiro atoms. The summed E-state index contributed by atoms with van der Waals surface area (Å²) >= 11 is 0. The molecule has 4 amide bonds. The summed E-state index contributed by atoms with van der Waals surface area (Å²) in [6, 6.07) is -3.83. The van der Waals surface area contributed by atoms with Crippen LogP contribution in [0.4, 0.5) is 0 Å². The van der Waals surface area contributed by atoms with Gasteiger partial charge in [-0.15, -0.1) is 0 Å². The minimum Gasteiger partial charge on any atom is -0.460 e. The van der Waals surface area contributed by atoms with Gasteiger partial charge in [0.1, 0.15) is 30.3 Å². The van der Waals surface area contributed by atoms with Crippen molar-refractivity contribution in [3.8, 4) is 0 Å². The molecule has 0 saturated carbocycles. The van der Waals surface area contributed by atoms with Gasteiger partial charge in [-0.1, -0.05) is 82.1 Å². The molecule has 0 aliphatic carbocycles. The summed E-state index contributed by atoms with van der Waals surface area (Å²) in [7, 11) is 3.06. The number of amides is 4. The summed E-state index contributed by atoms with van der Waals surface area (Å²) in [5, 5.41) is 2.89. The molecule has 2 saturated heterocycles. The highest BCUT2D eigenvalue weighted by molar-refractivity contribution is 5.95. The quantitative estimate of drug-likeness (QED) is 0.280. The van der Waals surface area contributed by atoms with Crippen molar-refractivity contribution < 1.29 is 38.2 Å². The van der Waals surface area contributed by atoms with Crippen LogP contribution in [-0.2, 0) is 38.2 Å². The van der Waals surface area contributed by atoms with Gasteiger partial charge in [0.15, 0.2) is 6.10 Å². The molecule has 2 fully saturated rings. The second-order valence-electron chi connectivity index (χ2n) is 15.2. The summed E-state index contributed by atoms with van der Waals surface area (Å²) in [5.74, 6) is -5.36. The molecule has 8 atom stereocenters. The lowest BCUT2D eigenvalue weighted by molar-refractivity contribution is -0.172. The van der Waals surface area contributed by atoms with E-state index in [1.165, 1.54) is 21.7 Å². The van der Waals surface area contributed by atoms with Crippen molar-refractivity contribution >= 4 is 35.6 Å². The van der Waals surface area contributed by atoms with Crippen LogP contribution in [0, 0.1) is 29.6 Å². The molecule has 49 heavy (non-hydrogen) atoms. The van der Waals surface area contributed by atoms with E-state index in [0.717, 1.165) is 19.3 Å². The Hall–Kier alpha value is -3.18. The number of fused-ring (bicyclic) bond motifs is 1. The fourth-order valence-corrected chi connectivity index (χ4v) is 6.95. The van der Waals surface area contributed by atoms with Crippen LogP contribution in [0.5, 0.6) is 0 Å². The molecule has 280 valence electrons. The summed E-state index contributed by atoms with van der Waals surface area (Å²) in [4.78, 5) is 88.2. The molecule has 2 rings (SSSR count). The molecular formula is C37H64N4O8. The number of hydrogen-bond acceptors (Lipinski definition) is 8. The molecule has 0 aromatic rings. The van der Waals surface area contributed by atoms with E-state index in [1.807, 2.05) is 41.5 Å². The van der Waals surface area contributed by atoms with Crippen LogP contribution in [0.25, 0.3) is 0 Å². The highest BCUT2D eigenvalue weighted by Crippen LogP contribution is 2.28. The van der Waals surface area contributed by atoms with Gasteiger partial charge in [0, 0.05) is 26.6 Å². The molecule has 2 unspecified atom stereocenters. The lowest BCUT2D eigenvalue weighted by Gasteiger charge is -2.37. The number of esters is 2. The number of likely N-dealkylation sites (N-methyl/N-ethyl adjacent to an activating group) is 2. The minimum absolute atomic E-state index is 0.303. The van der Waals surface area contributed by atoms with E-state index in [-0.39, 0.29) is 23.7 Å². The van der Waals surface area contributed by atoms with Crippen molar-refractivity contribution in [3.63, 3.8) is 0 Å². The number of nitrogens with one attached hydrogen (secondary N) is 1. The highest BCUT2D eigenvalue weighted by atomic mass is 16.6. The average molecular weight is 693 g/mol. The highest BCUT2D eigenvalue weighted by Gasteiger charge is 2.46. The number of carbonyl (C=O) groups is 6. The first-order valence-electron chi connectivity index (χ1n) is 18.5. The van der Waals surface area contributed by atoms with Gasteiger partial charge in [-0.3, -0.25) is 19.2 Å². The Balaban J connectivity index is 2.73. The standard InChI is InChI=1S/C37H64N4O8/c1-13-15-16-19-27-25(10)32(42)38-28(21(3)4)34(44)40(12)30(23(7)8)37(47)49-31(24(9)14-2)35(45)41-20-17-18-26(41)33(43)39(11)29(22(5)6)36(46)48-27/h21-31H,13-20H2,1-12H3,(H,38,42)/t24-,25-,26-,27?,28-,29+,30?,31-/m0/s1. The number of hydrogen-bond donors (Lipinski definition) is 1. The van der Waals surface area contributed by atoms with Gasteiger partial charge in [0.2, 0.25) is 17.7 Å². The summed E-state index contributed by atoms with van der Waals surface area (Å²) in [5.41, 5.74) is 0. The smallest absolute Gasteiger partial charge is 0.329 e. The second-order valence-corrected chi connectivity index (χ2v) is 15.2. The predicted molar refractivity (Wildman–Crippen MR) is 187 cm³/mol. The van der Waals surface area contributed by atoms with Crippen LogP contribution in [0.15, 0.2) is 0 Å².